The molecule has 1 aromatic heterocycles. The second kappa shape index (κ2) is 10.0. The van der Waals surface area contributed by atoms with E-state index < -0.39 is 11.9 Å². The largest absolute Gasteiger partial charge is 0.481 e. The average Bonchev–Trinajstić information content (AvgIpc) is 3.29. The summed E-state index contributed by atoms with van der Waals surface area (Å²) in [6.07, 6.45) is 9.41. The monoisotopic (exact) mass is 444 g/mol. The van der Waals surface area contributed by atoms with Crippen molar-refractivity contribution < 1.29 is 19.1 Å². The lowest BCUT2D eigenvalue weighted by molar-refractivity contribution is -0.138. The number of benzene rings is 2. The van der Waals surface area contributed by atoms with Gasteiger partial charge in [-0.05, 0) is 79.5 Å². The minimum absolute atomic E-state index is 0.0995. The first-order chi connectivity index (χ1) is 16.0. The predicted octanol–water partition coefficient (Wildman–Crippen LogP) is 4.80. The number of anilines is 3. The molecule has 8 nitrogen and oxygen atoms in total. The van der Waals surface area contributed by atoms with Crippen molar-refractivity contribution in [2.45, 2.75) is 38.0 Å². The van der Waals surface area contributed by atoms with Gasteiger partial charge in [0.15, 0.2) is 0 Å². The predicted molar refractivity (Wildman–Crippen MR) is 123 cm³/mol. The van der Waals surface area contributed by atoms with Crippen molar-refractivity contribution in [3.05, 3.63) is 65.5 Å². The number of carboxylic acid groups (broad SMARTS) is 1. The maximum atomic E-state index is 12.5. The van der Waals surface area contributed by atoms with E-state index in [1.165, 1.54) is 5.56 Å². The van der Waals surface area contributed by atoms with E-state index in [1.807, 2.05) is 24.3 Å². The van der Waals surface area contributed by atoms with Crippen LogP contribution in [0.3, 0.4) is 0 Å². The fraction of sp³-hybridized carbons (Fsp3) is 0.280. The molecule has 0 unspecified atom stereocenters. The van der Waals surface area contributed by atoms with E-state index in [4.69, 9.17) is 15.9 Å². The van der Waals surface area contributed by atoms with Gasteiger partial charge < -0.3 is 20.2 Å². The zero-order chi connectivity index (χ0) is 23.2. The van der Waals surface area contributed by atoms with Gasteiger partial charge in [-0.25, -0.2) is 0 Å². The quantitative estimate of drug-likeness (QED) is 0.448. The number of aliphatic carboxylic acids is 1. The van der Waals surface area contributed by atoms with Crippen LogP contribution in [0.2, 0.25) is 0 Å². The Bertz CT molecular complexity index is 1150. The van der Waals surface area contributed by atoms with Gasteiger partial charge in [-0.3, -0.25) is 9.59 Å². The van der Waals surface area contributed by atoms with Crippen LogP contribution in [0.15, 0.2) is 52.9 Å². The summed E-state index contributed by atoms with van der Waals surface area (Å²) in [5.41, 5.74) is 3.28. The van der Waals surface area contributed by atoms with Crippen LogP contribution in [0.1, 0.15) is 59.8 Å². The van der Waals surface area contributed by atoms with Crippen molar-refractivity contribution in [2.75, 3.05) is 10.6 Å². The van der Waals surface area contributed by atoms with Gasteiger partial charge in [0.05, 0.1) is 0 Å². The molecule has 3 aromatic rings. The molecule has 0 spiro atoms. The van der Waals surface area contributed by atoms with Crippen LogP contribution in [-0.4, -0.2) is 27.2 Å². The molecule has 1 heterocycles. The number of carbonyl (C=O) groups excluding carboxylic acids is 1. The molecular formula is C25H24N4O4. The van der Waals surface area contributed by atoms with Gasteiger partial charge in [-0.2, -0.15) is 0 Å². The Hall–Kier alpha value is -4.12. The van der Waals surface area contributed by atoms with E-state index >= 15 is 0 Å². The minimum Gasteiger partial charge on any atom is -0.481 e. The van der Waals surface area contributed by atoms with Crippen LogP contribution in [0, 0.1) is 18.3 Å². The molecule has 33 heavy (non-hydrogen) atoms. The van der Waals surface area contributed by atoms with Crippen LogP contribution in [0.5, 0.6) is 0 Å². The highest BCUT2D eigenvalue weighted by Crippen LogP contribution is 2.37. The Labute approximate surface area is 191 Å². The first-order valence-electron chi connectivity index (χ1n) is 10.8. The Morgan fingerprint density at radius 3 is 2.30 bits per heavy atom. The van der Waals surface area contributed by atoms with Crippen LogP contribution in [0.4, 0.5) is 17.4 Å². The molecule has 1 amide bonds. The molecule has 1 fully saturated rings. The van der Waals surface area contributed by atoms with Gasteiger partial charge >= 0.3 is 23.8 Å². The van der Waals surface area contributed by atoms with Gasteiger partial charge in [-0.15, -0.1) is 11.5 Å². The number of nitrogens with zero attached hydrogens (tertiary/aromatic N) is 2. The summed E-state index contributed by atoms with van der Waals surface area (Å²) in [5, 5.41) is 22.3. The fourth-order valence-electron chi connectivity index (χ4n) is 4.11. The normalized spacial score (nSPS) is 17.7. The second-order valence-electron chi connectivity index (χ2n) is 8.15. The number of carboxylic acids is 1. The van der Waals surface area contributed by atoms with Crippen molar-refractivity contribution in [2.24, 2.45) is 5.92 Å². The lowest BCUT2D eigenvalue weighted by Gasteiger charge is -2.28. The molecule has 0 atom stereocenters. The molecule has 0 bridgehead atoms. The third-order valence-corrected chi connectivity index (χ3v) is 5.87. The maximum Gasteiger partial charge on any atom is 0.320 e. The maximum absolute atomic E-state index is 12.5. The topological polar surface area (TPSA) is 117 Å². The molecule has 3 N–H and O–H groups in total. The highest BCUT2D eigenvalue weighted by atomic mass is 16.4. The van der Waals surface area contributed by atoms with E-state index in [0.717, 1.165) is 31.2 Å². The molecule has 1 aliphatic carbocycles. The summed E-state index contributed by atoms with van der Waals surface area (Å²) in [4.78, 5) is 23.4. The molecule has 0 saturated heterocycles. The number of aromatic nitrogens is 2. The summed E-state index contributed by atoms with van der Waals surface area (Å²) >= 11 is 0. The van der Waals surface area contributed by atoms with E-state index in [0.29, 0.717) is 17.3 Å². The highest BCUT2D eigenvalue weighted by molar-refractivity contribution is 6.00. The van der Waals surface area contributed by atoms with Gasteiger partial charge in [-0.1, -0.05) is 23.2 Å². The molecular weight excluding hydrogens is 420 g/mol. The molecule has 4 rings (SSSR count). The smallest absolute Gasteiger partial charge is 0.320 e. The van der Waals surface area contributed by atoms with E-state index in [2.05, 4.69) is 26.8 Å². The third kappa shape index (κ3) is 5.77. The van der Waals surface area contributed by atoms with Gasteiger partial charge in [0.2, 0.25) is 0 Å². The van der Waals surface area contributed by atoms with E-state index in [9.17, 15) is 9.59 Å². The van der Waals surface area contributed by atoms with Crippen LogP contribution < -0.4 is 10.6 Å². The SMILES string of the molecule is C#Cc1ccc(Nc2nnc(C(=O)Nc3ccc([C@H]4CC[C@H](CC(=O)O)CC4)cc3)o2)cc1. The summed E-state index contributed by atoms with van der Waals surface area (Å²) in [5.74, 6) is 1.85. The van der Waals surface area contributed by atoms with Crippen molar-refractivity contribution in [1.29, 1.82) is 0 Å². The average molecular weight is 444 g/mol. The number of nitrogens with one attached hydrogen (secondary N) is 2. The number of amides is 1. The second-order valence-corrected chi connectivity index (χ2v) is 8.15. The molecule has 168 valence electrons. The standard InChI is InChI=1S/C25H24N4O4/c1-2-16-5-11-21(12-6-16)27-25-29-28-24(33-25)23(32)26-20-13-9-19(10-14-20)18-7-3-17(4-8-18)15-22(30)31/h1,5-6,9-14,17-18H,3-4,7-8,15H2,(H,26,32)(H,27,29)(H,30,31)/t17-,18-. The number of hydrogen-bond acceptors (Lipinski definition) is 6. The molecule has 0 aliphatic heterocycles. The third-order valence-electron chi connectivity index (χ3n) is 5.87. The molecule has 0 radical (unpaired) electrons. The van der Waals surface area contributed by atoms with Gasteiger partial charge in [0.25, 0.3) is 0 Å². The Kier molecular flexibility index (Phi) is 6.69. The number of hydrogen-bond donors (Lipinski definition) is 3. The van der Waals surface area contributed by atoms with E-state index in [-0.39, 0.29) is 24.2 Å². The van der Waals surface area contributed by atoms with Crippen LogP contribution in [0.25, 0.3) is 0 Å². The van der Waals surface area contributed by atoms with Gasteiger partial charge in [0.1, 0.15) is 0 Å². The summed E-state index contributed by atoms with van der Waals surface area (Å²) < 4.78 is 5.41. The van der Waals surface area contributed by atoms with Crippen molar-refractivity contribution in [3.8, 4) is 12.3 Å². The van der Waals surface area contributed by atoms with Crippen LogP contribution in [-0.2, 0) is 4.79 Å². The Balaban J connectivity index is 1.31. The molecule has 2 aromatic carbocycles. The summed E-state index contributed by atoms with van der Waals surface area (Å²) in [6, 6.07) is 14.9. The minimum atomic E-state index is -0.721. The fourth-order valence-corrected chi connectivity index (χ4v) is 4.11. The Morgan fingerprint density at radius 1 is 1.00 bits per heavy atom. The zero-order valence-corrected chi connectivity index (χ0v) is 18.0. The number of carbonyl (C=O) groups is 2. The van der Waals surface area contributed by atoms with Gasteiger partial charge in [0, 0.05) is 23.4 Å². The first-order valence-corrected chi connectivity index (χ1v) is 10.8. The summed E-state index contributed by atoms with van der Waals surface area (Å²) in [7, 11) is 0. The molecule has 1 aliphatic rings. The number of rotatable bonds is 7. The Morgan fingerprint density at radius 2 is 1.67 bits per heavy atom. The molecule has 8 heteroatoms. The number of terminal acetylenes is 1. The first kappa shape index (κ1) is 22.1. The highest BCUT2D eigenvalue weighted by Gasteiger charge is 2.24. The van der Waals surface area contributed by atoms with Crippen molar-refractivity contribution in [1.82, 2.24) is 10.2 Å². The van der Waals surface area contributed by atoms with E-state index in [1.54, 1.807) is 24.3 Å². The van der Waals surface area contributed by atoms with Crippen LogP contribution >= 0.6 is 0 Å². The van der Waals surface area contributed by atoms with Crippen molar-refractivity contribution in [3.63, 3.8) is 0 Å². The summed E-state index contributed by atoms with van der Waals surface area (Å²) in [6.45, 7) is 0. The lowest BCUT2D eigenvalue weighted by Crippen LogP contribution is -2.16. The lowest BCUT2D eigenvalue weighted by atomic mass is 9.77. The van der Waals surface area contributed by atoms with Crippen molar-refractivity contribution >= 4 is 29.3 Å². The molecule has 1 saturated carbocycles. The zero-order valence-electron chi connectivity index (χ0n) is 18.0.